The number of hydrogen-bond donors (Lipinski definition) is 0. The second-order valence-electron chi connectivity index (χ2n) is 9.15. The minimum Gasteiger partial charge on any atom is -0.444 e. The van der Waals surface area contributed by atoms with Crippen molar-refractivity contribution in [3.63, 3.8) is 0 Å². The van der Waals surface area contributed by atoms with E-state index in [0.29, 0.717) is 30.1 Å². The lowest BCUT2D eigenvalue weighted by Crippen LogP contribution is -2.57. The number of carbonyl (C=O) groups excluding carboxylic acids is 1. The molecule has 4 heterocycles. The van der Waals surface area contributed by atoms with Crippen LogP contribution in [0.4, 0.5) is 20.8 Å². The molecule has 0 radical (unpaired) electrons. The smallest absolute Gasteiger partial charge is 0.410 e. The van der Waals surface area contributed by atoms with Crippen LogP contribution in [-0.2, 0) is 4.74 Å². The number of fused-ring (bicyclic) bond motifs is 3. The lowest BCUT2D eigenvalue weighted by Gasteiger charge is -2.42. The Hall–Kier alpha value is -2.13. The van der Waals surface area contributed by atoms with Gasteiger partial charge in [-0.15, -0.1) is 0 Å². The van der Waals surface area contributed by atoms with E-state index in [4.69, 9.17) is 27.9 Å². The number of piperazine rings is 1. The average molecular weight is 471 g/mol. The maximum Gasteiger partial charge on any atom is 0.410 e. The van der Waals surface area contributed by atoms with Crippen LogP contribution >= 0.6 is 23.2 Å². The molecule has 0 N–H and O–H groups in total. The molecule has 0 spiro atoms. The van der Waals surface area contributed by atoms with Crippen LogP contribution in [0.25, 0.3) is 10.9 Å². The number of carbonyl (C=O) groups is 1. The molecule has 2 aromatic rings. The fraction of sp³-hybridized carbons (Fsp3) is 0.600. The Kier molecular flexibility index (Phi) is 5.54. The van der Waals surface area contributed by atoms with E-state index in [2.05, 4.69) is 15.0 Å². The minimum absolute atomic E-state index is 0.0284. The minimum atomic E-state index is -0.733. The van der Waals surface area contributed by atoms with Gasteiger partial charge < -0.3 is 14.5 Å². The third-order valence-corrected chi connectivity index (χ3v) is 5.91. The van der Waals surface area contributed by atoms with Crippen LogP contribution in [0.1, 0.15) is 33.6 Å². The van der Waals surface area contributed by atoms with Gasteiger partial charge in [-0.2, -0.15) is 4.98 Å². The Morgan fingerprint density at radius 2 is 1.74 bits per heavy atom. The molecule has 1 amide bonds. The highest BCUT2D eigenvalue weighted by Gasteiger charge is 2.45. The topological polar surface area (TPSA) is 74.7 Å². The van der Waals surface area contributed by atoms with Gasteiger partial charge in [0.1, 0.15) is 22.8 Å². The Balaban J connectivity index is 1.74. The summed E-state index contributed by atoms with van der Waals surface area (Å²) < 4.78 is 20.4. The summed E-state index contributed by atoms with van der Waals surface area (Å²) in [6.45, 7) is 6.61. The van der Waals surface area contributed by atoms with Gasteiger partial charge in [0.15, 0.2) is 11.0 Å². The highest BCUT2D eigenvalue weighted by atomic mass is 35.5. The van der Waals surface area contributed by atoms with Gasteiger partial charge in [-0.05, 0) is 45.2 Å². The standard InChI is InChI=1S/C20H25Cl2FN6O2/c1-20(2,3)31-19(30)29-10-6-7-11(29)9-28(8-10)17-12-14(24-18(22)26-17)13(23)15(21)25-16(12)27(4)5/h10-11H,6-9H2,1-5H3. The summed E-state index contributed by atoms with van der Waals surface area (Å²) in [5, 5.41) is 0.100. The molecule has 2 unspecified atom stereocenters. The Morgan fingerprint density at radius 3 is 2.29 bits per heavy atom. The first-order chi connectivity index (χ1) is 14.5. The quantitative estimate of drug-likeness (QED) is 0.482. The molecule has 31 heavy (non-hydrogen) atoms. The van der Waals surface area contributed by atoms with E-state index in [1.807, 2.05) is 30.6 Å². The highest BCUT2D eigenvalue weighted by molar-refractivity contribution is 6.31. The zero-order valence-electron chi connectivity index (χ0n) is 18.1. The summed E-state index contributed by atoms with van der Waals surface area (Å²) in [4.78, 5) is 31.1. The molecule has 2 saturated heterocycles. The van der Waals surface area contributed by atoms with Crippen molar-refractivity contribution in [1.29, 1.82) is 0 Å². The summed E-state index contributed by atoms with van der Waals surface area (Å²) in [6, 6.07) is -0.0735. The molecule has 0 saturated carbocycles. The van der Waals surface area contributed by atoms with Gasteiger partial charge in [0.05, 0.1) is 17.5 Å². The molecule has 2 bridgehead atoms. The van der Waals surface area contributed by atoms with Crippen molar-refractivity contribution in [2.75, 3.05) is 37.0 Å². The van der Waals surface area contributed by atoms with Crippen molar-refractivity contribution in [3.8, 4) is 0 Å². The first kappa shape index (κ1) is 22.1. The van der Waals surface area contributed by atoms with Crippen LogP contribution in [0.3, 0.4) is 0 Å². The number of anilines is 2. The molecule has 8 nitrogen and oxygen atoms in total. The molecular weight excluding hydrogens is 446 g/mol. The van der Waals surface area contributed by atoms with Gasteiger partial charge in [-0.3, -0.25) is 4.90 Å². The average Bonchev–Trinajstić information content (AvgIpc) is 2.93. The van der Waals surface area contributed by atoms with E-state index in [1.54, 1.807) is 19.0 Å². The lowest BCUT2D eigenvalue weighted by molar-refractivity contribution is 0.0123. The van der Waals surface area contributed by atoms with Crippen molar-refractivity contribution >= 4 is 51.8 Å². The fourth-order valence-corrected chi connectivity index (χ4v) is 4.66. The van der Waals surface area contributed by atoms with Crippen molar-refractivity contribution in [1.82, 2.24) is 19.9 Å². The van der Waals surface area contributed by atoms with Gasteiger partial charge in [0, 0.05) is 27.2 Å². The van der Waals surface area contributed by atoms with Crippen LogP contribution < -0.4 is 9.80 Å². The molecule has 11 heteroatoms. The summed E-state index contributed by atoms with van der Waals surface area (Å²) >= 11 is 12.2. The van der Waals surface area contributed by atoms with E-state index in [1.165, 1.54) is 0 Å². The van der Waals surface area contributed by atoms with Crippen molar-refractivity contribution in [2.24, 2.45) is 0 Å². The zero-order valence-corrected chi connectivity index (χ0v) is 19.6. The predicted molar refractivity (Wildman–Crippen MR) is 119 cm³/mol. The zero-order chi connectivity index (χ0) is 22.7. The number of amides is 1. The van der Waals surface area contributed by atoms with Crippen LogP contribution in [0.2, 0.25) is 10.4 Å². The van der Waals surface area contributed by atoms with Crippen LogP contribution in [0, 0.1) is 5.82 Å². The first-order valence-electron chi connectivity index (χ1n) is 10.1. The number of ether oxygens (including phenoxy) is 1. The number of aromatic nitrogens is 3. The summed E-state index contributed by atoms with van der Waals surface area (Å²) in [7, 11) is 3.58. The van der Waals surface area contributed by atoms with Crippen molar-refractivity contribution < 1.29 is 13.9 Å². The van der Waals surface area contributed by atoms with E-state index < -0.39 is 11.4 Å². The second kappa shape index (κ2) is 7.78. The van der Waals surface area contributed by atoms with E-state index in [0.717, 1.165) is 12.8 Å². The number of hydrogen-bond acceptors (Lipinski definition) is 7. The van der Waals surface area contributed by atoms with Gasteiger partial charge >= 0.3 is 6.09 Å². The summed E-state index contributed by atoms with van der Waals surface area (Å²) in [5.41, 5.74) is -0.534. The molecule has 2 atom stereocenters. The molecule has 2 aliphatic heterocycles. The van der Waals surface area contributed by atoms with E-state index in [-0.39, 0.29) is 34.1 Å². The lowest BCUT2D eigenvalue weighted by atomic mass is 10.1. The highest BCUT2D eigenvalue weighted by Crippen LogP contribution is 2.39. The fourth-order valence-electron chi connectivity index (χ4n) is 4.32. The Bertz CT molecular complexity index is 1030. The summed E-state index contributed by atoms with van der Waals surface area (Å²) in [5.74, 6) is 0.209. The van der Waals surface area contributed by atoms with Gasteiger partial charge in [-0.1, -0.05) is 11.6 Å². The molecule has 0 aromatic carbocycles. The van der Waals surface area contributed by atoms with Crippen LogP contribution in [0.5, 0.6) is 0 Å². The number of halogens is 3. The van der Waals surface area contributed by atoms with E-state index in [9.17, 15) is 9.18 Å². The van der Waals surface area contributed by atoms with Crippen LogP contribution in [-0.4, -0.2) is 70.8 Å². The monoisotopic (exact) mass is 470 g/mol. The largest absolute Gasteiger partial charge is 0.444 e. The number of nitrogens with zero attached hydrogens (tertiary/aromatic N) is 6. The molecular formula is C20H25Cl2FN6O2. The number of pyridine rings is 1. The molecule has 2 aliphatic rings. The maximum absolute atomic E-state index is 14.8. The van der Waals surface area contributed by atoms with E-state index >= 15 is 0 Å². The number of rotatable bonds is 2. The Labute approximate surface area is 190 Å². The molecule has 2 aromatic heterocycles. The molecule has 2 fully saturated rings. The molecule has 0 aliphatic carbocycles. The van der Waals surface area contributed by atoms with Gasteiger partial charge in [0.2, 0.25) is 5.28 Å². The van der Waals surface area contributed by atoms with Crippen molar-refractivity contribution in [2.45, 2.75) is 51.3 Å². The maximum atomic E-state index is 14.8. The third-order valence-electron chi connectivity index (χ3n) is 5.49. The third kappa shape index (κ3) is 4.05. The van der Waals surface area contributed by atoms with Crippen LogP contribution in [0.15, 0.2) is 0 Å². The predicted octanol–water partition coefficient (Wildman–Crippen LogP) is 4.12. The second-order valence-corrected chi connectivity index (χ2v) is 9.85. The van der Waals surface area contributed by atoms with Crippen molar-refractivity contribution in [3.05, 3.63) is 16.3 Å². The SMILES string of the molecule is CN(C)c1nc(Cl)c(F)c2nc(Cl)nc(N3CC4CCC(C3)N4C(=O)OC(C)(C)C)c12. The molecule has 168 valence electrons. The Morgan fingerprint density at radius 1 is 1.13 bits per heavy atom. The molecule has 4 rings (SSSR count). The first-order valence-corrected chi connectivity index (χ1v) is 10.9. The van der Waals surface area contributed by atoms with Gasteiger partial charge in [0.25, 0.3) is 0 Å². The normalized spacial score (nSPS) is 21.0. The summed E-state index contributed by atoms with van der Waals surface area (Å²) in [6.07, 6.45) is 1.41. The van der Waals surface area contributed by atoms with Gasteiger partial charge in [-0.25, -0.2) is 19.2 Å².